The molecule has 1 aliphatic rings. The molecule has 0 radical (unpaired) electrons. The van der Waals surface area contributed by atoms with E-state index in [0.717, 1.165) is 12.8 Å². The lowest BCUT2D eigenvalue weighted by molar-refractivity contribution is -0.203. The van der Waals surface area contributed by atoms with E-state index >= 15 is 0 Å². The second kappa shape index (κ2) is 7.45. The van der Waals surface area contributed by atoms with Crippen molar-refractivity contribution in [2.75, 3.05) is 6.61 Å². The van der Waals surface area contributed by atoms with Gasteiger partial charge in [-0.25, -0.2) is 0 Å². The number of carbonyl (C=O) groups is 2. The van der Waals surface area contributed by atoms with Gasteiger partial charge in [0.1, 0.15) is 24.9 Å². The predicted octanol–water partition coefficient (Wildman–Crippen LogP) is 0.800. The largest absolute Gasteiger partial charge is 0.463 e. The fraction of sp³-hybridized carbons (Fsp3) is 0.846. The summed E-state index contributed by atoms with van der Waals surface area (Å²) in [5, 5.41) is 10.1. The van der Waals surface area contributed by atoms with Crippen molar-refractivity contribution in [3.63, 3.8) is 0 Å². The smallest absolute Gasteiger partial charge is 0.302 e. The second-order valence-electron chi connectivity index (χ2n) is 4.76. The van der Waals surface area contributed by atoms with Crippen LogP contribution in [-0.4, -0.2) is 48.1 Å². The van der Waals surface area contributed by atoms with E-state index in [2.05, 4.69) is 0 Å². The van der Waals surface area contributed by atoms with Crippen LogP contribution in [0.25, 0.3) is 0 Å². The molecule has 1 aliphatic heterocycles. The Morgan fingerprint density at radius 1 is 1.32 bits per heavy atom. The minimum Gasteiger partial charge on any atom is -0.463 e. The molecule has 4 unspecified atom stereocenters. The van der Waals surface area contributed by atoms with E-state index in [4.69, 9.17) is 14.2 Å². The fourth-order valence-corrected chi connectivity index (χ4v) is 2.20. The van der Waals surface area contributed by atoms with Crippen LogP contribution in [0.3, 0.4) is 0 Å². The van der Waals surface area contributed by atoms with Crippen molar-refractivity contribution >= 4 is 11.9 Å². The molecule has 0 spiro atoms. The molecule has 1 heterocycles. The molecule has 110 valence electrons. The van der Waals surface area contributed by atoms with Crippen LogP contribution in [0.15, 0.2) is 0 Å². The molecule has 1 saturated heterocycles. The number of hydrogen-bond donors (Lipinski definition) is 1. The van der Waals surface area contributed by atoms with Crippen molar-refractivity contribution in [1.29, 1.82) is 0 Å². The van der Waals surface area contributed by atoms with Crippen LogP contribution >= 0.6 is 0 Å². The first-order valence-corrected chi connectivity index (χ1v) is 6.58. The zero-order valence-corrected chi connectivity index (χ0v) is 11.6. The van der Waals surface area contributed by atoms with Crippen molar-refractivity contribution in [2.24, 2.45) is 0 Å². The molecule has 0 aromatic heterocycles. The molecule has 0 saturated carbocycles. The Morgan fingerprint density at radius 3 is 2.53 bits per heavy atom. The number of esters is 2. The fourth-order valence-electron chi connectivity index (χ4n) is 2.20. The topological polar surface area (TPSA) is 82.1 Å². The van der Waals surface area contributed by atoms with E-state index in [1.165, 1.54) is 13.8 Å². The maximum Gasteiger partial charge on any atom is 0.302 e. The van der Waals surface area contributed by atoms with E-state index < -0.39 is 30.3 Å². The summed E-state index contributed by atoms with van der Waals surface area (Å²) >= 11 is 0. The molecule has 0 amide bonds. The zero-order chi connectivity index (χ0) is 14.4. The van der Waals surface area contributed by atoms with Gasteiger partial charge in [0.2, 0.25) is 0 Å². The van der Waals surface area contributed by atoms with Gasteiger partial charge in [-0.05, 0) is 6.42 Å². The molecule has 1 fully saturated rings. The number of aliphatic hydroxyl groups excluding tert-OH is 1. The van der Waals surface area contributed by atoms with Crippen LogP contribution in [0.1, 0.15) is 40.0 Å². The Balaban J connectivity index is 2.65. The highest BCUT2D eigenvalue weighted by molar-refractivity contribution is 5.66. The summed E-state index contributed by atoms with van der Waals surface area (Å²) in [5.41, 5.74) is 0. The molecule has 1 rings (SSSR count). The minimum absolute atomic E-state index is 0.0333. The molecule has 0 bridgehead atoms. The Bertz CT molecular complexity index is 316. The lowest BCUT2D eigenvalue weighted by Crippen LogP contribution is -2.51. The summed E-state index contributed by atoms with van der Waals surface area (Å²) < 4.78 is 15.7. The summed E-state index contributed by atoms with van der Waals surface area (Å²) in [7, 11) is 0. The number of aliphatic hydroxyl groups is 1. The van der Waals surface area contributed by atoms with Crippen LogP contribution in [0.2, 0.25) is 0 Å². The normalized spacial score (nSPS) is 30.7. The van der Waals surface area contributed by atoms with Crippen molar-refractivity contribution in [1.82, 2.24) is 0 Å². The van der Waals surface area contributed by atoms with Gasteiger partial charge in [0.25, 0.3) is 0 Å². The van der Waals surface area contributed by atoms with Crippen LogP contribution < -0.4 is 0 Å². The Hall–Kier alpha value is -1.14. The third-order valence-corrected chi connectivity index (χ3v) is 3.00. The Kier molecular flexibility index (Phi) is 6.24. The SMILES string of the molecule is CCCC1CC(OC(C)=O)C(O)C(COC(C)=O)O1. The average molecular weight is 274 g/mol. The van der Waals surface area contributed by atoms with Crippen molar-refractivity contribution in [3.05, 3.63) is 0 Å². The maximum absolute atomic E-state index is 11.0. The number of ether oxygens (including phenoxy) is 3. The molecule has 0 aromatic carbocycles. The molecule has 0 aliphatic carbocycles. The van der Waals surface area contributed by atoms with Crippen LogP contribution in [0.4, 0.5) is 0 Å². The summed E-state index contributed by atoms with van der Waals surface area (Å²) in [4.78, 5) is 21.9. The molecule has 0 aromatic rings. The maximum atomic E-state index is 11.0. The van der Waals surface area contributed by atoms with Crippen molar-refractivity contribution in [3.8, 4) is 0 Å². The van der Waals surface area contributed by atoms with Crippen molar-refractivity contribution in [2.45, 2.75) is 64.4 Å². The molecule has 19 heavy (non-hydrogen) atoms. The van der Waals surface area contributed by atoms with E-state index in [1.807, 2.05) is 6.92 Å². The van der Waals surface area contributed by atoms with Gasteiger partial charge in [0.05, 0.1) is 6.10 Å². The minimum atomic E-state index is -0.976. The highest BCUT2D eigenvalue weighted by Crippen LogP contribution is 2.26. The van der Waals surface area contributed by atoms with E-state index in [1.54, 1.807) is 0 Å². The summed E-state index contributed by atoms with van der Waals surface area (Å²) in [5.74, 6) is -0.870. The number of carbonyl (C=O) groups excluding carboxylic acids is 2. The van der Waals surface area contributed by atoms with E-state index in [0.29, 0.717) is 6.42 Å². The third-order valence-electron chi connectivity index (χ3n) is 3.00. The highest BCUT2D eigenvalue weighted by atomic mass is 16.6. The number of rotatable bonds is 5. The highest BCUT2D eigenvalue weighted by Gasteiger charge is 2.39. The Morgan fingerprint density at radius 2 is 2.00 bits per heavy atom. The van der Waals surface area contributed by atoms with Crippen LogP contribution in [0, 0.1) is 0 Å². The van der Waals surface area contributed by atoms with E-state index in [-0.39, 0.29) is 12.7 Å². The first-order chi connectivity index (χ1) is 8.93. The van der Waals surface area contributed by atoms with Gasteiger partial charge >= 0.3 is 11.9 Å². The van der Waals surface area contributed by atoms with Crippen LogP contribution in [-0.2, 0) is 23.8 Å². The lowest BCUT2D eigenvalue weighted by atomic mass is 9.95. The molecule has 1 N–H and O–H groups in total. The molecule has 4 atom stereocenters. The first-order valence-electron chi connectivity index (χ1n) is 6.58. The standard InChI is InChI=1S/C13H22O6/c1-4-5-10-6-11(18-9(3)15)13(16)12(19-10)7-17-8(2)14/h10-13,16H,4-7H2,1-3H3. The summed E-state index contributed by atoms with van der Waals surface area (Å²) in [6, 6.07) is 0. The van der Waals surface area contributed by atoms with Gasteiger partial charge in [-0.15, -0.1) is 0 Å². The summed E-state index contributed by atoms with van der Waals surface area (Å²) in [6.45, 7) is 4.59. The second-order valence-corrected chi connectivity index (χ2v) is 4.76. The molecular formula is C13H22O6. The molecule has 6 nitrogen and oxygen atoms in total. The molecular weight excluding hydrogens is 252 g/mol. The van der Waals surface area contributed by atoms with Gasteiger partial charge in [0.15, 0.2) is 0 Å². The lowest BCUT2D eigenvalue weighted by Gasteiger charge is -2.38. The van der Waals surface area contributed by atoms with Gasteiger partial charge in [0, 0.05) is 20.3 Å². The first kappa shape index (κ1) is 15.9. The Labute approximate surface area is 113 Å². The predicted molar refractivity (Wildman–Crippen MR) is 66.4 cm³/mol. The van der Waals surface area contributed by atoms with Gasteiger partial charge in [-0.3, -0.25) is 9.59 Å². The monoisotopic (exact) mass is 274 g/mol. The van der Waals surface area contributed by atoms with E-state index in [9.17, 15) is 14.7 Å². The number of hydrogen-bond acceptors (Lipinski definition) is 6. The van der Waals surface area contributed by atoms with Crippen LogP contribution in [0.5, 0.6) is 0 Å². The quantitative estimate of drug-likeness (QED) is 0.747. The molecule has 6 heteroatoms. The van der Waals surface area contributed by atoms with Crippen molar-refractivity contribution < 1.29 is 28.9 Å². The third kappa shape index (κ3) is 5.16. The van der Waals surface area contributed by atoms with Gasteiger partial charge in [-0.1, -0.05) is 13.3 Å². The zero-order valence-electron chi connectivity index (χ0n) is 11.6. The van der Waals surface area contributed by atoms with Gasteiger partial charge in [-0.2, -0.15) is 0 Å². The van der Waals surface area contributed by atoms with Gasteiger partial charge < -0.3 is 19.3 Å². The average Bonchev–Trinajstić information content (AvgIpc) is 2.31. The summed E-state index contributed by atoms with van der Waals surface area (Å²) in [6.07, 6.45) is -0.142.